The molecule has 0 saturated carbocycles. The molecular formula is C21H28N4O. The Kier molecular flexibility index (Phi) is 5.76. The van der Waals surface area contributed by atoms with E-state index < -0.39 is 0 Å². The van der Waals surface area contributed by atoms with Crippen molar-refractivity contribution in [1.82, 2.24) is 9.88 Å². The minimum atomic E-state index is 0.0869. The second kappa shape index (κ2) is 8.21. The van der Waals surface area contributed by atoms with E-state index in [4.69, 9.17) is 0 Å². The lowest BCUT2D eigenvalue weighted by molar-refractivity contribution is 0.0746. The highest BCUT2D eigenvalue weighted by Gasteiger charge is 2.22. The molecule has 0 radical (unpaired) electrons. The van der Waals surface area contributed by atoms with Gasteiger partial charge in [-0.2, -0.15) is 0 Å². The molecular weight excluding hydrogens is 324 g/mol. The molecule has 1 aliphatic heterocycles. The van der Waals surface area contributed by atoms with Crippen LogP contribution in [0, 0.1) is 12.8 Å². The summed E-state index contributed by atoms with van der Waals surface area (Å²) in [4.78, 5) is 21.4. The molecule has 0 atom stereocenters. The van der Waals surface area contributed by atoms with Gasteiger partial charge < -0.3 is 15.1 Å². The molecule has 2 heterocycles. The summed E-state index contributed by atoms with van der Waals surface area (Å²) in [5.74, 6) is 1.39. The van der Waals surface area contributed by atoms with Gasteiger partial charge in [-0.05, 0) is 42.7 Å². The van der Waals surface area contributed by atoms with E-state index in [0.29, 0.717) is 11.5 Å². The highest BCUT2D eigenvalue weighted by molar-refractivity contribution is 5.95. The SMILES string of the molecule is Cc1cccc(N2CCN(C(=O)c3ccnc(NCC(C)C)c3)CC2)c1. The molecule has 0 unspecified atom stereocenters. The third-order valence-electron chi connectivity index (χ3n) is 4.63. The number of carbonyl (C=O) groups excluding carboxylic acids is 1. The maximum absolute atomic E-state index is 12.8. The molecule has 1 amide bonds. The number of pyridine rings is 1. The lowest BCUT2D eigenvalue weighted by Crippen LogP contribution is -2.48. The second-order valence-electron chi connectivity index (χ2n) is 7.32. The topological polar surface area (TPSA) is 48.5 Å². The molecule has 5 heteroatoms. The number of hydrogen-bond acceptors (Lipinski definition) is 4. The number of amides is 1. The van der Waals surface area contributed by atoms with E-state index in [1.165, 1.54) is 11.3 Å². The van der Waals surface area contributed by atoms with Crippen molar-refractivity contribution in [2.75, 3.05) is 42.9 Å². The van der Waals surface area contributed by atoms with Crippen LogP contribution in [0.15, 0.2) is 42.6 Å². The predicted octanol–water partition coefficient (Wildman–Crippen LogP) is 3.42. The predicted molar refractivity (Wildman–Crippen MR) is 107 cm³/mol. The number of benzene rings is 1. The molecule has 1 aromatic carbocycles. The maximum atomic E-state index is 12.8. The zero-order valence-corrected chi connectivity index (χ0v) is 15.9. The van der Waals surface area contributed by atoms with Crippen molar-refractivity contribution < 1.29 is 4.79 Å². The minimum absolute atomic E-state index is 0.0869. The minimum Gasteiger partial charge on any atom is -0.370 e. The van der Waals surface area contributed by atoms with E-state index in [9.17, 15) is 4.79 Å². The van der Waals surface area contributed by atoms with Crippen LogP contribution in [0.3, 0.4) is 0 Å². The number of rotatable bonds is 5. The van der Waals surface area contributed by atoms with Gasteiger partial charge in [0.25, 0.3) is 5.91 Å². The van der Waals surface area contributed by atoms with Gasteiger partial charge in [0, 0.05) is 50.2 Å². The summed E-state index contributed by atoms with van der Waals surface area (Å²) in [5.41, 5.74) is 3.20. The van der Waals surface area contributed by atoms with Crippen LogP contribution in [0.5, 0.6) is 0 Å². The van der Waals surface area contributed by atoms with Gasteiger partial charge in [-0.3, -0.25) is 4.79 Å². The van der Waals surface area contributed by atoms with E-state index in [2.05, 4.69) is 60.2 Å². The highest BCUT2D eigenvalue weighted by atomic mass is 16.2. The number of aromatic nitrogens is 1. The third kappa shape index (κ3) is 4.54. The van der Waals surface area contributed by atoms with Gasteiger partial charge in [0.15, 0.2) is 0 Å². The Balaban J connectivity index is 1.60. The van der Waals surface area contributed by atoms with E-state index in [0.717, 1.165) is 38.5 Å². The van der Waals surface area contributed by atoms with Gasteiger partial charge in [-0.15, -0.1) is 0 Å². The summed E-state index contributed by atoms with van der Waals surface area (Å²) in [6, 6.07) is 12.2. The van der Waals surface area contributed by atoms with Crippen molar-refractivity contribution >= 4 is 17.4 Å². The van der Waals surface area contributed by atoms with Crippen molar-refractivity contribution in [2.45, 2.75) is 20.8 Å². The quantitative estimate of drug-likeness (QED) is 0.896. The Labute approximate surface area is 156 Å². The average molecular weight is 352 g/mol. The zero-order valence-electron chi connectivity index (χ0n) is 15.9. The Bertz CT molecular complexity index is 751. The molecule has 1 fully saturated rings. The number of aryl methyl sites for hydroxylation is 1. The van der Waals surface area contributed by atoms with Crippen molar-refractivity contribution in [3.63, 3.8) is 0 Å². The van der Waals surface area contributed by atoms with Crippen LogP contribution in [0.2, 0.25) is 0 Å². The summed E-state index contributed by atoms with van der Waals surface area (Å²) in [6.07, 6.45) is 1.71. The van der Waals surface area contributed by atoms with Crippen LogP contribution in [-0.2, 0) is 0 Å². The zero-order chi connectivity index (χ0) is 18.5. The number of piperazine rings is 1. The molecule has 1 saturated heterocycles. The Hall–Kier alpha value is -2.56. The largest absolute Gasteiger partial charge is 0.370 e. The molecule has 0 bridgehead atoms. The molecule has 2 aromatic rings. The van der Waals surface area contributed by atoms with E-state index in [1.807, 2.05) is 11.0 Å². The molecule has 0 aliphatic carbocycles. The summed E-state index contributed by atoms with van der Waals surface area (Å²) in [5, 5.41) is 3.29. The number of hydrogen-bond donors (Lipinski definition) is 1. The van der Waals surface area contributed by atoms with E-state index >= 15 is 0 Å². The molecule has 26 heavy (non-hydrogen) atoms. The highest BCUT2D eigenvalue weighted by Crippen LogP contribution is 2.19. The molecule has 5 nitrogen and oxygen atoms in total. The monoisotopic (exact) mass is 352 g/mol. The van der Waals surface area contributed by atoms with Crippen LogP contribution >= 0.6 is 0 Å². The van der Waals surface area contributed by atoms with Gasteiger partial charge in [-0.25, -0.2) is 4.98 Å². The fourth-order valence-corrected chi connectivity index (χ4v) is 3.14. The van der Waals surface area contributed by atoms with Gasteiger partial charge in [0.05, 0.1) is 0 Å². The van der Waals surface area contributed by atoms with Crippen LogP contribution in [0.4, 0.5) is 11.5 Å². The molecule has 1 aliphatic rings. The first kappa shape index (κ1) is 18.2. The van der Waals surface area contributed by atoms with Crippen molar-refractivity contribution in [3.8, 4) is 0 Å². The average Bonchev–Trinajstić information content (AvgIpc) is 2.66. The summed E-state index contributed by atoms with van der Waals surface area (Å²) in [7, 11) is 0. The van der Waals surface area contributed by atoms with E-state index in [1.54, 1.807) is 12.3 Å². The standard InChI is InChI=1S/C21H28N4O/c1-16(2)15-23-20-14-18(7-8-22-20)21(26)25-11-9-24(10-12-25)19-6-4-5-17(3)13-19/h4-8,13-14,16H,9-12,15H2,1-3H3,(H,22,23). The fraction of sp³-hybridized carbons (Fsp3) is 0.429. The summed E-state index contributed by atoms with van der Waals surface area (Å²) >= 11 is 0. The normalized spacial score (nSPS) is 14.6. The lowest BCUT2D eigenvalue weighted by Gasteiger charge is -2.36. The van der Waals surface area contributed by atoms with Crippen LogP contribution in [0.25, 0.3) is 0 Å². The van der Waals surface area contributed by atoms with Gasteiger partial charge in [0.2, 0.25) is 0 Å². The first-order valence-electron chi connectivity index (χ1n) is 9.34. The molecule has 1 N–H and O–H groups in total. The smallest absolute Gasteiger partial charge is 0.254 e. The first-order chi connectivity index (χ1) is 12.5. The maximum Gasteiger partial charge on any atom is 0.254 e. The number of anilines is 2. The number of carbonyl (C=O) groups is 1. The summed E-state index contributed by atoms with van der Waals surface area (Å²) in [6.45, 7) is 10.5. The first-order valence-corrected chi connectivity index (χ1v) is 9.34. The van der Waals surface area contributed by atoms with E-state index in [-0.39, 0.29) is 5.91 Å². The molecule has 3 rings (SSSR count). The van der Waals surface area contributed by atoms with Crippen molar-refractivity contribution in [3.05, 3.63) is 53.7 Å². The third-order valence-corrected chi connectivity index (χ3v) is 4.63. The summed E-state index contributed by atoms with van der Waals surface area (Å²) < 4.78 is 0. The van der Waals surface area contributed by atoms with Gasteiger partial charge in [-0.1, -0.05) is 26.0 Å². The van der Waals surface area contributed by atoms with Gasteiger partial charge >= 0.3 is 0 Å². The van der Waals surface area contributed by atoms with Crippen LogP contribution in [0.1, 0.15) is 29.8 Å². The van der Waals surface area contributed by atoms with Gasteiger partial charge in [0.1, 0.15) is 5.82 Å². The van der Waals surface area contributed by atoms with Crippen LogP contribution < -0.4 is 10.2 Å². The fourth-order valence-electron chi connectivity index (χ4n) is 3.14. The molecule has 138 valence electrons. The lowest BCUT2D eigenvalue weighted by atomic mass is 10.1. The van der Waals surface area contributed by atoms with Crippen molar-refractivity contribution in [1.29, 1.82) is 0 Å². The Morgan fingerprint density at radius 2 is 1.92 bits per heavy atom. The Morgan fingerprint density at radius 3 is 2.62 bits per heavy atom. The van der Waals surface area contributed by atoms with Crippen molar-refractivity contribution in [2.24, 2.45) is 5.92 Å². The number of nitrogens with one attached hydrogen (secondary N) is 1. The number of nitrogens with zero attached hydrogens (tertiary/aromatic N) is 3. The molecule has 1 aromatic heterocycles. The Morgan fingerprint density at radius 1 is 1.15 bits per heavy atom. The molecule has 0 spiro atoms. The van der Waals surface area contributed by atoms with Crippen LogP contribution in [-0.4, -0.2) is 48.5 Å². The second-order valence-corrected chi connectivity index (χ2v) is 7.32.